The lowest BCUT2D eigenvalue weighted by molar-refractivity contribution is 0.588. The van der Waals surface area contributed by atoms with E-state index in [4.69, 9.17) is 16.6 Å². The molecule has 4 aromatic rings. The molecule has 0 amide bonds. The number of aromatic amines is 1. The molecule has 4 rings (SSSR count). The molecule has 0 spiro atoms. The number of aromatic nitrogens is 3. The Balaban J connectivity index is 1.99. The molecule has 2 aromatic heterocycles. The molecule has 0 fully saturated rings. The molecule has 0 unspecified atom stereocenters. The quantitative estimate of drug-likeness (QED) is 0.545. The van der Waals surface area contributed by atoms with Crippen LogP contribution in [0.3, 0.4) is 0 Å². The Bertz CT molecular complexity index is 1180. The van der Waals surface area contributed by atoms with Gasteiger partial charge in [0.2, 0.25) is 5.89 Å². The van der Waals surface area contributed by atoms with E-state index in [9.17, 15) is 4.79 Å². The first-order valence-electron chi connectivity index (χ1n) is 8.08. The van der Waals surface area contributed by atoms with Crippen LogP contribution in [0.15, 0.2) is 76.1 Å². The molecule has 26 heavy (non-hydrogen) atoms. The summed E-state index contributed by atoms with van der Waals surface area (Å²) in [7, 11) is 0. The second kappa shape index (κ2) is 6.57. The normalized spacial score (nSPS) is 10.8. The van der Waals surface area contributed by atoms with Crippen molar-refractivity contribution in [2.75, 3.05) is 0 Å². The van der Waals surface area contributed by atoms with Gasteiger partial charge in [0.1, 0.15) is 4.64 Å². The van der Waals surface area contributed by atoms with Crippen molar-refractivity contribution in [1.29, 1.82) is 0 Å². The van der Waals surface area contributed by atoms with Gasteiger partial charge in [-0.2, -0.15) is 4.98 Å². The van der Waals surface area contributed by atoms with Crippen molar-refractivity contribution in [3.63, 3.8) is 0 Å². The topological polar surface area (TPSA) is 63.8 Å². The standard InChI is InChI=1S/C20H15N3O2S/c1-13-12-23(20(24)22-19(13)26)17-16(14-8-4-2-5-9-14)25-18(21-17)15-10-6-3-7-11-15/h2-12H,1H3,(H,22,24,26). The summed E-state index contributed by atoms with van der Waals surface area (Å²) in [5.41, 5.74) is 2.10. The number of benzene rings is 2. The van der Waals surface area contributed by atoms with Crippen molar-refractivity contribution in [2.24, 2.45) is 0 Å². The Labute approximate surface area is 154 Å². The lowest BCUT2D eigenvalue weighted by Gasteiger charge is -2.05. The first kappa shape index (κ1) is 16.2. The number of hydrogen-bond donors (Lipinski definition) is 1. The lowest BCUT2D eigenvalue weighted by atomic mass is 10.2. The molecule has 0 saturated heterocycles. The summed E-state index contributed by atoms with van der Waals surface area (Å²) in [4.78, 5) is 19.8. The van der Waals surface area contributed by atoms with Gasteiger partial charge >= 0.3 is 5.69 Å². The second-order valence-corrected chi connectivity index (χ2v) is 6.25. The highest BCUT2D eigenvalue weighted by Crippen LogP contribution is 2.31. The average molecular weight is 361 g/mol. The number of nitrogens with zero attached hydrogens (tertiary/aromatic N) is 2. The SMILES string of the molecule is Cc1cn(-c2nc(-c3ccccc3)oc2-c2ccccc2)c(=O)[nH]c1=S. The molecule has 5 nitrogen and oxygen atoms in total. The van der Waals surface area contributed by atoms with Crippen LogP contribution in [-0.4, -0.2) is 14.5 Å². The van der Waals surface area contributed by atoms with Crippen molar-refractivity contribution in [3.8, 4) is 28.6 Å². The van der Waals surface area contributed by atoms with Crippen LogP contribution in [0.2, 0.25) is 0 Å². The second-order valence-electron chi connectivity index (χ2n) is 5.85. The van der Waals surface area contributed by atoms with E-state index in [-0.39, 0.29) is 5.69 Å². The van der Waals surface area contributed by atoms with Crippen LogP contribution in [0.4, 0.5) is 0 Å². The van der Waals surface area contributed by atoms with Gasteiger partial charge in [0.25, 0.3) is 0 Å². The Morgan fingerprint density at radius 2 is 1.62 bits per heavy atom. The molecule has 0 radical (unpaired) electrons. The predicted octanol–water partition coefficient (Wildman–Crippen LogP) is 4.53. The largest absolute Gasteiger partial charge is 0.434 e. The van der Waals surface area contributed by atoms with E-state index < -0.39 is 0 Å². The summed E-state index contributed by atoms with van der Waals surface area (Å²) < 4.78 is 7.91. The zero-order chi connectivity index (χ0) is 18.1. The third-order valence-electron chi connectivity index (χ3n) is 4.01. The number of rotatable bonds is 3. The maximum absolute atomic E-state index is 12.5. The van der Waals surface area contributed by atoms with Crippen LogP contribution in [0.1, 0.15) is 5.56 Å². The van der Waals surface area contributed by atoms with Crippen LogP contribution in [0.25, 0.3) is 28.6 Å². The minimum atomic E-state index is -0.356. The molecule has 0 aliphatic heterocycles. The van der Waals surface area contributed by atoms with Crippen molar-refractivity contribution >= 4 is 12.2 Å². The number of H-pyrrole nitrogens is 1. The van der Waals surface area contributed by atoms with Gasteiger partial charge in [-0.05, 0) is 19.1 Å². The van der Waals surface area contributed by atoms with Gasteiger partial charge in [-0.3, -0.25) is 4.98 Å². The zero-order valence-corrected chi connectivity index (χ0v) is 14.8. The van der Waals surface area contributed by atoms with E-state index in [1.165, 1.54) is 4.57 Å². The van der Waals surface area contributed by atoms with Gasteiger partial charge in [0, 0.05) is 22.9 Å². The maximum atomic E-state index is 12.5. The fourth-order valence-electron chi connectivity index (χ4n) is 2.68. The number of oxazole rings is 1. The Morgan fingerprint density at radius 1 is 1.00 bits per heavy atom. The Hall–Kier alpha value is -3.25. The molecule has 0 aliphatic rings. The minimum Gasteiger partial charge on any atom is -0.434 e. The lowest BCUT2D eigenvalue weighted by Crippen LogP contribution is -2.22. The summed E-state index contributed by atoms with van der Waals surface area (Å²) in [6.07, 6.45) is 1.68. The van der Waals surface area contributed by atoms with Crippen LogP contribution < -0.4 is 5.69 Å². The van der Waals surface area contributed by atoms with Crippen molar-refractivity contribution < 1.29 is 4.42 Å². The third kappa shape index (κ3) is 2.91. The first-order valence-corrected chi connectivity index (χ1v) is 8.49. The highest BCUT2D eigenvalue weighted by Gasteiger charge is 2.19. The predicted molar refractivity (Wildman–Crippen MR) is 103 cm³/mol. The molecule has 0 bridgehead atoms. The van der Waals surface area contributed by atoms with Crippen molar-refractivity contribution in [3.05, 3.63) is 87.5 Å². The highest BCUT2D eigenvalue weighted by molar-refractivity contribution is 7.71. The third-order valence-corrected chi connectivity index (χ3v) is 4.44. The highest BCUT2D eigenvalue weighted by atomic mass is 32.1. The Morgan fingerprint density at radius 3 is 2.27 bits per heavy atom. The number of hydrogen-bond acceptors (Lipinski definition) is 4. The van der Waals surface area contributed by atoms with E-state index in [0.29, 0.717) is 22.1 Å². The van der Waals surface area contributed by atoms with Crippen LogP contribution in [0, 0.1) is 11.6 Å². The van der Waals surface area contributed by atoms with E-state index >= 15 is 0 Å². The Kier molecular flexibility index (Phi) is 4.10. The molecule has 2 heterocycles. The summed E-state index contributed by atoms with van der Waals surface area (Å²) in [6, 6.07) is 19.2. The van der Waals surface area contributed by atoms with Crippen LogP contribution in [0.5, 0.6) is 0 Å². The molecule has 0 saturated carbocycles. The van der Waals surface area contributed by atoms with Gasteiger partial charge in [-0.25, -0.2) is 9.36 Å². The molecule has 2 aromatic carbocycles. The molecular formula is C20H15N3O2S. The summed E-state index contributed by atoms with van der Waals surface area (Å²) >= 11 is 5.15. The van der Waals surface area contributed by atoms with Gasteiger partial charge in [0.05, 0.1) is 0 Å². The van der Waals surface area contributed by atoms with E-state index in [0.717, 1.165) is 16.7 Å². The van der Waals surface area contributed by atoms with Gasteiger partial charge in [0.15, 0.2) is 11.6 Å². The van der Waals surface area contributed by atoms with Gasteiger partial charge < -0.3 is 4.42 Å². The molecule has 1 N–H and O–H groups in total. The fraction of sp³-hybridized carbons (Fsp3) is 0.0500. The van der Waals surface area contributed by atoms with Gasteiger partial charge in [-0.1, -0.05) is 60.7 Å². The molecule has 6 heteroatoms. The summed E-state index contributed by atoms with van der Waals surface area (Å²) in [5.74, 6) is 1.40. The fourth-order valence-corrected chi connectivity index (χ4v) is 2.82. The first-order chi connectivity index (χ1) is 12.6. The molecule has 0 aliphatic carbocycles. The van der Waals surface area contributed by atoms with Gasteiger partial charge in [-0.15, -0.1) is 0 Å². The van der Waals surface area contributed by atoms with E-state index in [1.54, 1.807) is 6.20 Å². The molecular weight excluding hydrogens is 346 g/mol. The monoisotopic (exact) mass is 361 g/mol. The summed E-state index contributed by atoms with van der Waals surface area (Å²) in [5, 5.41) is 0. The molecule has 128 valence electrons. The smallest absolute Gasteiger partial charge is 0.332 e. The van der Waals surface area contributed by atoms with Crippen LogP contribution >= 0.6 is 12.2 Å². The van der Waals surface area contributed by atoms with Crippen molar-refractivity contribution in [1.82, 2.24) is 14.5 Å². The average Bonchev–Trinajstić information content (AvgIpc) is 3.11. The zero-order valence-electron chi connectivity index (χ0n) is 14.0. The maximum Gasteiger partial charge on any atom is 0.332 e. The minimum absolute atomic E-state index is 0.356. The number of nitrogens with one attached hydrogen (secondary N) is 1. The number of aryl methyl sites for hydroxylation is 1. The van der Waals surface area contributed by atoms with Crippen molar-refractivity contribution in [2.45, 2.75) is 6.92 Å². The van der Waals surface area contributed by atoms with Crippen LogP contribution in [-0.2, 0) is 0 Å². The van der Waals surface area contributed by atoms with E-state index in [2.05, 4.69) is 9.97 Å². The van der Waals surface area contributed by atoms with E-state index in [1.807, 2.05) is 67.6 Å². The summed E-state index contributed by atoms with van der Waals surface area (Å²) in [6.45, 7) is 1.84. The molecule has 0 atom stereocenters.